The fraction of sp³-hybridized carbons (Fsp3) is 0.900. The van der Waals surface area contributed by atoms with Gasteiger partial charge in [0.2, 0.25) is 0 Å². The molecule has 0 aromatic carbocycles. The minimum Gasteiger partial charge on any atom is -0.305 e. The Balaban J connectivity index is 4.04. The molecule has 0 spiro atoms. The van der Waals surface area contributed by atoms with Crippen LogP contribution in [0.2, 0.25) is 0 Å². The molecule has 0 rings (SSSR count). The van der Waals surface area contributed by atoms with Gasteiger partial charge in [0, 0.05) is 6.54 Å². The molecule has 0 amide bonds. The van der Waals surface area contributed by atoms with Crippen molar-refractivity contribution >= 4 is 0 Å². The van der Waals surface area contributed by atoms with E-state index in [1.165, 1.54) is 6.07 Å². The number of alkyl halides is 3. The maximum atomic E-state index is 12.2. The predicted octanol–water partition coefficient (Wildman–Crippen LogP) is 2.67. The summed E-state index contributed by atoms with van der Waals surface area (Å²) >= 11 is 0. The number of hydrogen-bond acceptors (Lipinski definition) is 2. The molecule has 0 bridgehead atoms. The molecule has 1 atom stereocenters. The van der Waals surface area contributed by atoms with Crippen LogP contribution in [-0.4, -0.2) is 31.2 Å². The zero-order chi connectivity index (χ0) is 12.1. The zero-order valence-electron chi connectivity index (χ0n) is 9.30. The second kappa shape index (κ2) is 5.96. The van der Waals surface area contributed by atoms with Crippen molar-refractivity contribution in [2.45, 2.75) is 26.4 Å². The lowest BCUT2D eigenvalue weighted by Crippen LogP contribution is -2.34. The summed E-state index contributed by atoms with van der Waals surface area (Å²) in [6, 6.07) is 1.29. The quantitative estimate of drug-likeness (QED) is 0.715. The summed E-state index contributed by atoms with van der Waals surface area (Å²) in [5, 5.41) is 8.39. The van der Waals surface area contributed by atoms with Crippen LogP contribution in [0.15, 0.2) is 0 Å². The monoisotopic (exact) mass is 222 g/mol. The SMILES string of the molecule is CC(C)CCN(C)CC(C#N)C(F)(F)F. The fourth-order valence-corrected chi connectivity index (χ4v) is 1.10. The minimum absolute atomic E-state index is 0.243. The Hall–Kier alpha value is -0.760. The van der Waals surface area contributed by atoms with Crippen LogP contribution >= 0.6 is 0 Å². The molecule has 0 aromatic heterocycles. The van der Waals surface area contributed by atoms with Gasteiger partial charge in [-0.2, -0.15) is 18.4 Å². The highest BCUT2D eigenvalue weighted by Crippen LogP contribution is 2.26. The van der Waals surface area contributed by atoms with Crippen LogP contribution in [0.1, 0.15) is 20.3 Å². The van der Waals surface area contributed by atoms with Gasteiger partial charge in [-0.15, -0.1) is 0 Å². The first kappa shape index (κ1) is 14.2. The third-order valence-corrected chi connectivity index (χ3v) is 2.13. The second-order valence-electron chi connectivity index (χ2n) is 4.17. The fourth-order valence-electron chi connectivity index (χ4n) is 1.10. The third kappa shape index (κ3) is 6.34. The van der Waals surface area contributed by atoms with Gasteiger partial charge < -0.3 is 4.90 Å². The Labute approximate surface area is 88.7 Å². The van der Waals surface area contributed by atoms with E-state index in [1.807, 2.05) is 13.8 Å². The molecule has 0 heterocycles. The van der Waals surface area contributed by atoms with Gasteiger partial charge in [0.05, 0.1) is 6.07 Å². The number of nitrogens with zero attached hydrogens (tertiary/aromatic N) is 2. The molecule has 0 saturated heterocycles. The van der Waals surface area contributed by atoms with E-state index in [0.717, 1.165) is 6.42 Å². The topological polar surface area (TPSA) is 27.0 Å². The molecule has 0 radical (unpaired) electrons. The number of hydrogen-bond donors (Lipinski definition) is 0. The van der Waals surface area contributed by atoms with Crippen molar-refractivity contribution in [3.63, 3.8) is 0 Å². The summed E-state index contributed by atoms with van der Waals surface area (Å²) in [7, 11) is 1.61. The maximum Gasteiger partial charge on any atom is 0.405 e. The second-order valence-corrected chi connectivity index (χ2v) is 4.17. The Bertz CT molecular complexity index is 218. The van der Waals surface area contributed by atoms with Crippen LogP contribution in [-0.2, 0) is 0 Å². The van der Waals surface area contributed by atoms with Crippen molar-refractivity contribution in [2.24, 2.45) is 11.8 Å². The van der Waals surface area contributed by atoms with Gasteiger partial charge in [-0.05, 0) is 25.9 Å². The van der Waals surface area contributed by atoms with Crippen LogP contribution in [0.3, 0.4) is 0 Å². The summed E-state index contributed by atoms with van der Waals surface area (Å²) in [5.74, 6) is -1.42. The first-order chi connectivity index (χ1) is 6.77. The van der Waals surface area contributed by atoms with Crippen LogP contribution < -0.4 is 0 Å². The highest BCUT2D eigenvalue weighted by atomic mass is 19.4. The van der Waals surface area contributed by atoms with Crippen molar-refractivity contribution in [3.8, 4) is 6.07 Å². The lowest BCUT2D eigenvalue weighted by molar-refractivity contribution is -0.162. The summed E-state index contributed by atoms with van der Waals surface area (Å²) in [4.78, 5) is 1.56. The van der Waals surface area contributed by atoms with E-state index in [9.17, 15) is 13.2 Å². The van der Waals surface area contributed by atoms with Gasteiger partial charge in [0.1, 0.15) is 0 Å². The van der Waals surface area contributed by atoms with Crippen molar-refractivity contribution in [2.75, 3.05) is 20.1 Å². The predicted molar refractivity (Wildman–Crippen MR) is 52.1 cm³/mol. The number of halogens is 3. The van der Waals surface area contributed by atoms with Gasteiger partial charge in [-0.3, -0.25) is 0 Å². The summed E-state index contributed by atoms with van der Waals surface area (Å²) in [6.07, 6.45) is -3.58. The first-order valence-electron chi connectivity index (χ1n) is 4.92. The van der Waals surface area contributed by atoms with E-state index >= 15 is 0 Å². The molecule has 0 aliphatic heterocycles. The maximum absolute atomic E-state index is 12.2. The Kier molecular flexibility index (Phi) is 5.66. The molecule has 2 nitrogen and oxygen atoms in total. The van der Waals surface area contributed by atoms with Crippen molar-refractivity contribution in [1.82, 2.24) is 4.90 Å². The van der Waals surface area contributed by atoms with Crippen LogP contribution in [0.5, 0.6) is 0 Å². The molecule has 15 heavy (non-hydrogen) atoms. The molecule has 1 unspecified atom stereocenters. The van der Waals surface area contributed by atoms with Crippen molar-refractivity contribution < 1.29 is 13.2 Å². The molecule has 0 aliphatic rings. The van der Waals surface area contributed by atoms with Crippen LogP contribution in [0.25, 0.3) is 0 Å². The van der Waals surface area contributed by atoms with Gasteiger partial charge in [0.25, 0.3) is 0 Å². The van der Waals surface area contributed by atoms with E-state index in [2.05, 4.69) is 0 Å². The van der Waals surface area contributed by atoms with Gasteiger partial charge in [0.15, 0.2) is 5.92 Å². The molecule has 0 saturated carbocycles. The zero-order valence-corrected chi connectivity index (χ0v) is 9.30. The molecule has 0 aromatic rings. The average molecular weight is 222 g/mol. The standard InChI is InChI=1S/C10H17F3N2/c1-8(2)4-5-15(3)7-9(6-14)10(11,12)13/h8-9H,4-5,7H2,1-3H3. The highest BCUT2D eigenvalue weighted by molar-refractivity contribution is 4.90. The molecule has 0 aliphatic carbocycles. The largest absolute Gasteiger partial charge is 0.405 e. The number of nitriles is 1. The van der Waals surface area contributed by atoms with Gasteiger partial charge in [-0.25, -0.2) is 0 Å². The summed E-state index contributed by atoms with van der Waals surface area (Å²) in [5.41, 5.74) is 0. The average Bonchev–Trinajstić information content (AvgIpc) is 2.08. The van der Waals surface area contributed by atoms with E-state index in [-0.39, 0.29) is 6.54 Å². The van der Waals surface area contributed by atoms with Crippen molar-refractivity contribution in [3.05, 3.63) is 0 Å². The van der Waals surface area contributed by atoms with E-state index in [4.69, 9.17) is 5.26 Å². The van der Waals surface area contributed by atoms with E-state index in [1.54, 1.807) is 11.9 Å². The Morgan fingerprint density at radius 1 is 1.33 bits per heavy atom. The lowest BCUT2D eigenvalue weighted by atomic mass is 10.1. The molecule has 0 N–H and O–H groups in total. The van der Waals surface area contributed by atoms with E-state index < -0.39 is 12.1 Å². The molecular weight excluding hydrogens is 205 g/mol. The Morgan fingerprint density at radius 3 is 2.20 bits per heavy atom. The smallest absolute Gasteiger partial charge is 0.305 e. The highest BCUT2D eigenvalue weighted by Gasteiger charge is 2.40. The molecular formula is C10H17F3N2. The summed E-state index contributed by atoms with van der Waals surface area (Å²) in [6.45, 7) is 4.37. The first-order valence-corrected chi connectivity index (χ1v) is 4.92. The van der Waals surface area contributed by atoms with E-state index in [0.29, 0.717) is 12.5 Å². The Morgan fingerprint density at radius 2 is 1.87 bits per heavy atom. The van der Waals surface area contributed by atoms with Crippen molar-refractivity contribution in [1.29, 1.82) is 5.26 Å². The summed E-state index contributed by atoms with van der Waals surface area (Å²) < 4.78 is 36.7. The van der Waals surface area contributed by atoms with Gasteiger partial charge in [-0.1, -0.05) is 13.8 Å². The molecule has 5 heteroatoms. The lowest BCUT2D eigenvalue weighted by Gasteiger charge is -2.22. The molecule has 0 fully saturated rings. The third-order valence-electron chi connectivity index (χ3n) is 2.13. The van der Waals surface area contributed by atoms with Crippen LogP contribution in [0, 0.1) is 23.2 Å². The van der Waals surface area contributed by atoms with Gasteiger partial charge >= 0.3 is 6.18 Å². The van der Waals surface area contributed by atoms with Crippen LogP contribution in [0.4, 0.5) is 13.2 Å². The number of rotatable bonds is 5. The normalized spacial score (nSPS) is 14.3. The molecule has 88 valence electrons. The minimum atomic E-state index is -4.42.